The molecule has 1 heterocycles. The lowest BCUT2D eigenvalue weighted by molar-refractivity contribution is -0.124. The van der Waals surface area contributed by atoms with Gasteiger partial charge in [0.2, 0.25) is 5.91 Å². The van der Waals surface area contributed by atoms with Crippen molar-refractivity contribution in [1.82, 2.24) is 10.6 Å². The Balaban J connectivity index is 1.56. The van der Waals surface area contributed by atoms with E-state index in [1.807, 2.05) is 0 Å². The second-order valence-electron chi connectivity index (χ2n) is 5.96. The quantitative estimate of drug-likeness (QED) is 0.748. The molecule has 1 amide bonds. The maximum Gasteiger partial charge on any atom is 0.237 e. The Hall–Kier alpha value is -0.610. The van der Waals surface area contributed by atoms with Gasteiger partial charge in [0.25, 0.3) is 0 Å². The van der Waals surface area contributed by atoms with Crippen LogP contribution in [0.4, 0.5) is 0 Å². The zero-order valence-electron chi connectivity index (χ0n) is 12.1. The van der Waals surface area contributed by atoms with Crippen molar-refractivity contribution in [3.8, 4) is 0 Å². The van der Waals surface area contributed by atoms with Gasteiger partial charge in [-0.15, -0.1) is 0 Å². The van der Waals surface area contributed by atoms with E-state index >= 15 is 0 Å². The Morgan fingerprint density at radius 2 is 2.00 bits per heavy atom. The highest BCUT2D eigenvalue weighted by Crippen LogP contribution is 2.25. The predicted molar refractivity (Wildman–Crippen MR) is 76.0 cm³/mol. The van der Waals surface area contributed by atoms with E-state index in [-0.39, 0.29) is 11.9 Å². The first-order valence-corrected chi connectivity index (χ1v) is 7.90. The Morgan fingerprint density at radius 3 is 2.74 bits per heavy atom. The molecule has 2 aliphatic rings. The molecule has 2 N–H and O–H groups in total. The molecule has 110 valence electrons. The Labute approximate surface area is 116 Å². The third-order valence-corrected chi connectivity index (χ3v) is 4.39. The highest BCUT2D eigenvalue weighted by molar-refractivity contribution is 5.81. The van der Waals surface area contributed by atoms with E-state index in [1.54, 1.807) is 0 Å². The van der Waals surface area contributed by atoms with E-state index < -0.39 is 0 Å². The van der Waals surface area contributed by atoms with Crippen LogP contribution in [-0.4, -0.2) is 37.7 Å². The standard InChI is InChI=1S/C15H28N2O2/c1-12-6-2-3-8-14(12)19-11-10-17-15(18)13-7-4-5-9-16-13/h12-14,16H,2-11H2,1H3,(H,17,18). The summed E-state index contributed by atoms with van der Waals surface area (Å²) < 4.78 is 5.90. The number of piperidine rings is 1. The summed E-state index contributed by atoms with van der Waals surface area (Å²) in [6.07, 6.45) is 8.79. The second kappa shape index (κ2) is 7.85. The maximum absolute atomic E-state index is 11.9. The molecule has 3 atom stereocenters. The van der Waals surface area contributed by atoms with E-state index in [4.69, 9.17) is 4.74 Å². The minimum absolute atomic E-state index is 0.0161. The van der Waals surface area contributed by atoms with E-state index in [0.717, 1.165) is 19.4 Å². The van der Waals surface area contributed by atoms with Crippen LogP contribution in [0, 0.1) is 5.92 Å². The van der Waals surface area contributed by atoms with E-state index in [2.05, 4.69) is 17.6 Å². The molecule has 1 aliphatic heterocycles. The number of hydrogen-bond donors (Lipinski definition) is 2. The molecule has 4 heteroatoms. The third kappa shape index (κ3) is 4.77. The van der Waals surface area contributed by atoms with Gasteiger partial charge in [-0.05, 0) is 38.1 Å². The first-order chi connectivity index (χ1) is 9.27. The summed E-state index contributed by atoms with van der Waals surface area (Å²) in [4.78, 5) is 11.9. The van der Waals surface area contributed by atoms with Crippen molar-refractivity contribution in [3.05, 3.63) is 0 Å². The van der Waals surface area contributed by atoms with Gasteiger partial charge in [-0.3, -0.25) is 4.79 Å². The highest BCUT2D eigenvalue weighted by Gasteiger charge is 2.22. The summed E-state index contributed by atoms with van der Waals surface area (Å²) in [5, 5.41) is 6.24. The van der Waals surface area contributed by atoms with Crippen LogP contribution in [0.15, 0.2) is 0 Å². The highest BCUT2D eigenvalue weighted by atomic mass is 16.5. The zero-order chi connectivity index (χ0) is 13.5. The molecule has 1 saturated carbocycles. The second-order valence-corrected chi connectivity index (χ2v) is 5.96. The molecule has 3 unspecified atom stereocenters. The molecule has 0 bridgehead atoms. The minimum atomic E-state index is 0.0161. The minimum Gasteiger partial charge on any atom is -0.376 e. The SMILES string of the molecule is CC1CCCCC1OCCNC(=O)C1CCCCN1. The van der Waals surface area contributed by atoms with E-state index in [1.165, 1.54) is 32.1 Å². The fraction of sp³-hybridized carbons (Fsp3) is 0.933. The molecule has 4 nitrogen and oxygen atoms in total. The van der Waals surface area contributed by atoms with Gasteiger partial charge in [0.15, 0.2) is 0 Å². The third-order valence-electron chi connectivity index (χ3n) is 4.39. The van der Waals surface area contributed by atoms with Gasteiger partial charge in [0.05, 0.1) is 18.8 Å². The molecule has 1 aliphatic carbocycles. The van der Waals surface area contributed by atoms with Gasteiger partial charge in [-0.2, -0.15) is 0 Å². The topological polar surface area (TPSA) is 50.4 Å². The molecule has 2 rings (SSSR count). The molecule has 0 spiro atoms. The van der Waals surface area contributed by atoms with Crippen molar-refractivity contribution < 1.29 is 9.53 Å². The predicted octanol–water partition coefficient (Wildman–Crippen LogP) is 1.84. The summed E-state index contributed by atoms with van der Waals surface area (Å²) >= 11 is 0. The van der Waals surface area contributed by atoms with Gasteiger partial charge < -0.3 is 15.4 Å². The van der Waals surface area contributed by atoms with Crippen LogP contribution < -0.4 is 10.6 Å². The van der Waals surface area contributed by atoms with Crippen molar-refractivity contribution in [2.75, 3.05) is 19.7 Å². The molecule has 0 aromatic carbocycles. The lowest BCUT2D eigenvalue weighted by Crippen LogP contribution is -2.47. The number of carbonyl (C=O) groups is 1. The Bertz CT molecular complexity index is 277. The first kappa shape index (κ1) is 14.8. The molecule has 0 radical (unpaired) electrons. The van der Waals surface area contributed by atoms with Crippen molar-refractivity contribution in [1.29, 1.82) is 0 Å². The van der Waals surface area contributed by atoms with Crippen molar-refractivity contribution in [3.63, 3.8) is 0 Å². The van der Waals surface area contributed by atoms with Crippen LogP contribution in [-0.2, 0) is 9.53 Å². The Morgan fingerprint density at radius 1 is 1.21 bits per heavy atom. The molecule has 2 fully saturated rings. The number of ether oxygens (including phenoxy) is 1. The largest absolute Gasteiger partial charge is 0.376 e. The lowest BCUT2D eigenvalue weighted by Gasteiger charge is -2.29. The number of hydrogen-bond acceptors (Lipinski definition) is 3. The summed E-state index contributed by atoms with van der Waals surface area (Å²) in [7, 11) is 0. The smallest absolute Gasteiger partial charge is 0.237 e. The van der Waals surface area contributed by atoms with Crippen molar-refractivity contribution >= 4 is 5.91 Å². The molecular formula is C15H28N2O2. The van der Waals surface area contributed by atoms with Gasteiger partial charge in [-0.25, -0.2) is 0 Å². The monoisotopic (exact) mass is 268 g/mol. The fourth-order valence-electron chi connectivity index (χ4n) is 3.11. The van der Waals surface area contributed by atoms with E-state index in [9.17, 15) is 4.79 Å². The molecule has 0 aromatic heterocycles. The zero-order valence-corrected chi connectivity index (χ0v) is 12.1. The average Bonchev–Trinajstić information content (AvgIpc) is 2.46. The number of nitrogens with one attached hydrogen (secondary N) is 2. The van der Waals surface area contributed by atoms with Crippen LogP contribution in [0.25, 0.3) is 0 Å². The number of rotatable bonds is 5. The van der Waals surface area contributed by atoms with Crippen LogP contribution in [0.1, 0.15) is 51.9 Å². The van der Waals surface area contributed by atoms with Crippen LogP contribution in [0.3, 0.4) is 0 Å². The fourth-order valence-corrected chi connectivity index (χ4v) is 3.11. The lowest BCUT2D eigenvalue weighted by atomic mass is 9.88. The first-order valence-electron chi connectivity index (χ1n) is 7.90. The van der Waals surface area contributed by atoms with Gasteiger partial charge in [0.1, 0.15) is 0 Å². The summed E-state index contributed by atoms with van der Waals surface area (Å²) in [6.45, 7) is 4.52. The molecule has 19 heavy (non-hydrogen) atoms. The van der Waals surface area contributed by atoms with Crippen LogP contribution >= 0.6 is 0 Å². The summed E-state index contributed by atoms with van der Waals surface area (Å²) in [5.74, 6) is 0.810. The molecule has 0 aromatic rings. The van der Waals surface area contributed by atoms with Crippen LogP contribution in [0.5, 0.6) is 0 Å². The molecular weight excluding hydrogens is 240 g/mol. The normalized spacial score (nSPS) is 31.9. The molecule has 1 saturated heterocycles. The van der Waals surface area contributed by atoms with E-state index in [0.29, 0.717) is 25.2 Å². The van der Waals surface area contributed by atoms with Gasteiger partial charge in [-0.1, -0.05) is 26.2 Å². The Kier molecular flexibility index (Phi) is 6.11. The summed E-state index contributed by atoms with van der Waals surface area (Å²) in [6, 6.07) is 0.0161. The number of amides is 1. The summed E-state index contributed by atoms with van der Waals surface area (Å²) in [5.41, 5.74) is 0. The van der Waals surface area contributed by atoms with Crippen molar-refractivity contribution in [2.45, 2.75) is 64.0 Å². The van der Waals surface area contributed by atoms with Gasteiger partial charge in [0, 0.05) is 6.54 Å². The van der Waals surface area contributed by atoms with Crippen LogP contribution in [0.2, 0.25) is 0 Å². The average molecular weight is 268 g/mol. The number of carbonyl (C=O) groups excluding carboxylic acids is 1. The maximum atomic E-state index is 11.9. The van der Waals surface area contributed by atoms with Gasteiger partial charge >= 0.3 is 0 Å². The van der Waals surface area contributed by atoms with Crippen molar-refractivity contribution in [2.24, 2.45) is 5.92 Å².